The minimum atomic E-state index is 0.716. The Bertz CT molecular complexity index is 498. The summed E-state index contributed by atoms with van der Waals surface area (Å²) < 4.78 is 5.34. The van der Waals surface area contributed by atoms with Crippen LogP contribution in [-0.2, 0) is 6.42 Å². The van der Waals surface area contributed by atoms with Gasteiger partial charge in [0.15, 0.2) is 5.58 Å². The van der Waals surface area contributed by atoms with Gasteiger partial charge in [0.2, 0.25) is 0 Å². The van der Waals surface area contributed by atoms with E-state index in [1.807, 2.05) is 6.07 Å². The van der Waals surface area contributed by atoms with E-state index >= 15 is 0 Å². The van der Waals surface area contributed by atoms with Crippen LogP contribution in [-0.4, -0.2) is 18.2 Å². The molecule has 84 valence electrons. The third-order valence-electron chi connectivity index (χ3n) is 3.34. The highest BCUT2D eigenvalue weighted by molar-refractivity contribution is 5.80. The van der Waals surface area contributed by atoms with Crippen LogP contribution in [0.15, 0.2) is 22.7 Å². The molecule has 0 spiro atoms. The van der Waals surface area contributed by atoms with Crippen molar-refractivity contribution in [3.8, 4) is 0 Å². The first-order chi connectivity index (χ1) is 7.83. The second kappa shape index (κ2) is 3.91. The summed E-state index contributed by atoms with van der Waals surface area (Å²) in [6.07, 6.45) is 2.28. The Morgan fingerprint density at radius 1 is 1.50 bits per heavy atom. The van der Waals surface area contributed by atoms with Crippen LogP contribution in [0.4, 0.5) is 0 Å². The van der Waals surface area contributed by atoms with E-state index in [1.165, 1.54) is 17.4 Å². The van der Waals surface area contributed by atoms with Crippen LogP contribution in [0, 0.1) is 12.8 Å². The summed E-state index contributed by atoms with van der Waals surface area (Å²) in [4.78, 5) is 0. The fraction of sp³-hybridized carbons (Fsp3) is 0.462. The molecule has 3 nitrogen and oxygen atoms in total. The topological polar surface area (TPSA) is 38.1 Å². The number of nitrogens with zero attached hydrogens (tertiary/aromatic N) is 1. The van der Waals surface area contributed by atoms with Gasteiger partial charge in [0, 0.05) is 5.39 Å². The minimum absolute atomic E-state index is 0.716. The van der Waals surface area contributed by atoms with Crippen molar-refractivity contribution in [2.45, 2.75) is 19.8 Å². The zero-order valence-electron chi connectivity index (χ0n) is 9.49. The summed E-state index contributed by atoms with van der Waals surface area (Å²) in [5.74, 6) is 0.716. The van der Waals surface area contributed by atoms with E-state index in [4.69, 9.17) is 4.52 Å². The summed E-state index contributed by atoms with van der Waals surface area (Å²) >= 11 is 0. The molecule has 3 heteroatoms. The average Bonchev–Trinajstić information content (AvgIpc) is 2.90. The largest absolute Gasteiger partial charge is 0.356 e. The first-order valence-corrected chi connectivity index (χ1v) is 5.88. The van der Waals surface area contributed by atoms with Crippen LogP contribution < -0.4 is 5.32 Å². The van der Waals surface area contributed by atoms with Gasteiger partial charge in [-0.2, -0.15) is 0 Å². The SMILES string of the molecule is Cc1ccc2onc(CC3CCNC3)c2c1. The Morgan fingerprint density at radius 3 is 3.25 bits per heavy atom. The quantitative estimate of drug-likeness (QED) is 0.837. The van der Waals surface area contributed by atoms with E-state index in [0.717, 1.165) is 30.8 Å². The van der Waals surface area contributed by atoms with Crippen molar-refractivity contribution < 1.29 is 4.52 Å². The Balaban J connectivity index is 1.93. The van der Waals surface area contributed by atoms with E-state index in [9.17, 15) is 0 Å². The normalized spacial score (nSPS) is 20.7. The number of aromatic nitrogens is 1. The number of benzene rings is 1. The molecule has 1 aliphatic rings. The van der Waals surface area contributed by atoms with Gasteiger partial charge >= 0.3 is 0 Å². The number of rotatable bonds is 2. The molecular weight excluding hydrogens is 200 g/mol. The molecule has 2 aromatic rings. The number of hydrogen-bond acceptors (Lipinski definition) is 3. The lowest BCUT2D eigenvalue weighted by molar-refractivity contribution is 0.435. The van der Waals surface area contributed by atoms with E-state index in [-0.39, 0.29) is 0 Å². The first kappa shape index (κ1) is 9.85. The molecule has 1 N–H and O–H groups in total. The number of hydrogen-bond donors (Lipinski definition) is 1. The van der Waals surface area contributed by atoms with Crippen molar-refractivity contribution in [3.05, 3.63) is 29.5 Å². The van der Waals surface area contributed by atoms with Crippen LogP contribution in [0.3, 0.4) is 0 Å². The molecule has 1 fully saturated rings. The summed E-state index contributed by atoms with van der Waals surface area (Å²) in [6.45, 7) is 4.35. The predicted molar refractivity (Wildman–Crippen MR) is 63.4 cm³/mol. The maximum absolute atomic E-state index is 5.34. The Hall–Kier alpha value is -1.35. The highest BCUT2D eigenvalue weighted by Gasteiger charge is 2.18. The molecule has 1 saturated heterocycles. The molecule has 1 aromatic carbocycles. The summed E-state index contributed by atoms with van der Waals surface area (Å²) in [6, 6.07) is 6.24. The molecule has 0 saturated carbocycles. The van der Waals surface area contributed by atoms with Crippen LogP contribution in [0.25, 0.3) is 11.0 Å². The molecule has 3 rings (SSSR count). The molecule has 16 heavy (non-hydrogen) atoms. The van der Waals surface area contributed by atoms with E-state index in [2.05, 4.69) is 29.5 Å². The van der Waals surface area contributed by atoms with E-state index in [1.54, 1.807) is 0 Å². The van der Waals surface area contributed by atoms with Gasteiger partial charge in [0.25, 0.3) is 0 Å². The van der Waals surface area contributed by atoms with Crippen molar-refractivity contribution in [2.24, 2.45) is 5.92 Å². The minimum Gasteiger partial charge on any atom is -0.356 e. The maximum Gasteiger partial charge on any atom is 0.167 e. The Labute approximate surface area is 94.8 Å². The van der Waals surface area contributed by atoms with Crippen molar-refractivity contribution in [2.75, 3.05) is 13.1 Å². The lowest BCUT2D eigenvalue weighted by atomic mass is 10.00. The van der Waals surface area contributed by atoms with Gasteiger partial charge in [-0.25, -0.2) is 0 Å². The van der Waals surface area contributed by atoms with Gasteiger partial charge < -0.3 is 9.84 Å². The molecule has 1 atom stereocenters. The van der Waals surface area contributed by atoms with E-state index < -0.39 is 0 Å². The monoisotopic (exact) mass is 216 g/mol. The molecule has 0 bridgehead atoms. The van der Waals surface area contributed by atoms with Crippen LogP contribution in [0.2, 0.25) is 0 Å². The summed E-state index contributed by atoms with van der Waals surface area (Å²) in [7, 11) is 0. The molecule has 0 radical (unpaired) electrons. The highest BCUT2D eigenvalue weighted by atomic mass is 16.5. The van der Waals surface area contributed by atoms with Gasteiger partial charge in [0.1, 0.15) is 0 Å². The first-order valence-electron chi connectivity index (χ1n) is 5.88. The molecule has 1 aromatic heterocycles. The van der Waals surface area contributed by atoms with E-state index in [0.29, 0.717) is 5.92 Å². The second-order valence-electron chi connectivity index (χ2n) is 4.69. The number of aryl methyl sites for hydroxylation is 1. The lowest BCUT2D eigenvalue weighted by Gasteiger charge is -2.04. The van der Waals surface area contributed by atoms with Gasteiger partial charge in [0.05, 0.1) is 5.69 Å². The molecule has 2 heterocycles. The smallest absolute Gasteiger partial charge is 0.167 e. The predicted octanol–water partition coefficient (Wildman–Crippen LogP) is 2.29. The third-order valence-corrected chi connectivity index (χ3v) is 3.34. The van der Waals surface area contributed by atoms with Crippen LogP contribution in [0.1, 0.15) is 17.7 Å². The second-order valence-corrected chi connectivity index (χ2v) is 4.69. The van der Waals surface area contributed by atoms with Crippen LogP contribution >= 0.6 is 0 Å². The standard InChI is InChI=1S/C13H16N2O/c1-9-2-3-13-11(6-9)12(15-16-13)7-10-4-5-14-8-10/h2-3,6,10,14H,4-5,7-8H2,1H3. The van der Waals surface area contributed by atoms with Crippen molar-refractivity contribution in [1.29, 1.82) is 0 Å². The molecule has 1 unspecified atom stereocenters. The maximum atomic E-state index is 5.34. The molecule has 1 aliphatic heterocycles. The van der Waals surface area contributed by atoms with Gasteiger partial charge in [-0.3, -0.25) is 0 Å². The van der Waals surface area contributed by atoms with Crippen LogP contribution in [0.5, 0.6) is 0 Å². The van der Waals surface area contributed by atoms with Gasteiger partial charge in [-0.1, -0.05) is 16.8 Å². The molecule has 0 amide bonds. The number of nitrogens with one attached hydrogen (secondary N) is 1. The summed E-state index contributed by atoms with van der Waals surface area (Å²) in [5.41, 5.74) is 3.29. The van der Waals surface area contributed by atoms with Gasteiger partial charge in [-0.15, -0.1) is 0 Å². The third kappa shape index (κ3) is 1.71. The fourth-order valence-corrected chi connectivity index (χ4v) is 2.41. The van der Waals surface area contributed by atoms with Crippen molar-refractivity contribution >= 4 is 11.0 Å². The molecule has 0 aliphatic carbocycles. The zero-order chi connectivity index (χ0) is 11.0. The lowest BCUT2D eigenvalue weighted by Crippen LogP contribution is -2.10. The Morgan fingerprint density at radius 2 is 2.44 bits per heavy atom. The fourth-order valence-electron chi connectivity index (χ4n) is 2.41. The molecular formula is C13H16N2O. The highest BCUT2D eigenvalue weighted by Crippen LogP contribution is 2.23. The van der Waals surface area contributed by atoms with Gasteiger partial charge in [-0.05, 0) is 50.9 Å². The average molecular weight is 216 g/mol. The summed E-state index contributed by atoms with van der Waals surface area (Å²) in [5, 5.41) is 8.77. The number of fused-ring (bicyclic) bond motifs is 1. The van der Waals surface area contributed by atoms with Crippen molar-refractivity contribution in [1.82, 2.24) is 10.5 Å². The Kier molecular flexibility index (Phi) is 2.40. The van der Waals surface area contributed by atoms with Crippen molar-refractivity contribution in [3.63, 3.8) is 0 Å². The zero-order valence-corrected chi connectivity index (χ0v) is 9.49.